The van der Waals surface area contributed by atoms with Gasteiger partial charge < -0.3 is 15.1 Å². The first-order chi connectivity index (χ1) is 17.4. The van der Waals surface area contributed by atoms with Crippen molar-refractivity contribution in [3.63, 3.8) is 0 Å². The first-order valence-electron chi connectivity index (χ1n) is 12.9. The summed E-state index contributed by atoms with van der Waals surface area (Å²) in [4.78, 5) is 32.6. The van der Waals surface area contributed by atoms with Crippen molar-refractivity contribution in [2.24, 2.45) is 5.92 Å². The maximum Gasteiger partial charge on any atom is 0.254 e. The molecule has 0 saturated carbocycles. The summed E-state index contributed by atoms with van der Waals surface area (Å²) in [5.41, 5.74) is 3.93. The Hall–Kier alpha value is -3.12. The van der Waals surface area contributed by atoms with Gasteiger partial charge in [0.05, 0.1) is 12.0 Å². The summed E-state index contributed by atoms with van der Waals surface area (Å²) in [5.74, 6) is -0.137. The van der Waals surface area contributed by atoms with Crippen LogP contribution in [0.1, 0.15) is 65.5 Å². The number of nitrogens with one attached hydrogen (secondary N) is 1. The molecule has 2 heterocycles. The van der Waals surface area contributed by atoms with E-state index in [0.717, 1.165) is 30.0 Å². The van der Waals surface area contributed by atoms with Crippen LogP contribution >= 0.6 is 11.3 Å². The van der Waals surface area contributed by atoms with Gasteiger partial charge in [0.2, 0.25) is 5.91 Å². The summed E-state index contributed by atoms with van der Waals surface area (Å²) in [6.45, 7) is 11.5. The minimum atomic E-state index is -0.435. The van der Waals surface area contributed by atoms with Crippen molar-refractivity contribution in [3.8, 4) is 0 Å². The largest absolute Gasteiger partial charge is 0.372 e. The molecule has 190 valence electrons. The quantitative estimate of drug-likeness (QED) is 0.344. The van der Waals surface area contributed by atoms with E-state index in [0.29, 0.717) is 24.6 Å². The molecule has 0 bridgehead atoms. The van der Waals surface area contributed by atoms with Gasteiger partial charge in [-0.15, -0.1) is 11.3 Å². The Labute approximate surface area is 219 Å². The molecule has 2 amide bonds. The lowest BCUT2D eigenvalue weighted by Crippen LogP contribution is -2.48. The van der Waals surface area contributed by atoms with Crippen molar-refractivity contribution in [1.29, 1.82) is 0 Å². The summed E-state index contributed by atoms with van der Waals surface area (Å²) in [6.07, 6.45) is 0.847. The number of anilines is 1. The average molecular weight is 504 g/mol. The number of fused-ring (bicyclic) bond motifs is 1. The van der Waals surface area contributed by atoms with Crippen LogP contribution in [-0.2, 0) is 4.79 Å². The van der Waals surface area contributed by atoms with Crippen LogP contribution in [0.25, 0.3) is 0 Å². The molecule has 1 aromatic heterocycles. The van der Waals surface area contributed by atoms with Gasteiger partial charge in [-0.1, -0.05) is 50.2 Å². The Morgan fingerprint density at radius 1 is 1.11 bits per heavy atom. The number of hydrogen-bond acceptors (Lipinski definition) is 4. The third-order valence-electron chi connectivity index (χ3n) is 6.77. The van der Waals surface area contributed by atoms with Crippen LogP contribution in [0.4, 0.5) is 5.69 Å². The Morgan fingerprint density at radius 2 is 1.92 bits per heavy atom. The molecule has 0 spiro atoms. The minimum absolute atomic E-state index is 0.0125. The number of carbonyl (C=O) groups excluding carboxylic acids is 2. The molecular weight excluding hydrogens is 466 g/mol. The molecule has 1 aliphatic rings. The second-order valence-corrected chi connectivity index (χ2v) is 10.9. The number of rotatable bonds is 10. The molecule has 6 heteroatoms. The van der Waals surface area contributed by atoms with Crippen LogP contribution in [0.15, 0.2) is 66.0 Å². The molecule has 3 aromatic rings. The number of benzene rings is 2. The SMILES string of the molecule is CCN(CCCNC(=O)[C@@H]1c2ccccc2C(=O)N(CC(C)C)[C@H]1c1cccs1)c1cccc(C)c1. The average Bonchev–Trinajstić information content (AvgIpc) is 3.40. The third kappa shape index (κ3) is 5.65. The summed E-state index contributed by atoms with van der Waals surface area (Å²) in [7, 11) is 0. The zero-order valence-corrected chi connectivity index (χ0v) is 22.6. The van der Waals surface area contributed by atoms with Gasteiger partial charge in [-0.25, -0.2) is 0 Å². The van der Waals surface area contributed by atoms with E-state index in [9.17, 15) is 9.59 Å². The van der Waals surface area contributed by atoms with E-state index in [-0.39, 0.29) is 17.9 Å². The molecule has 0 aliphatic carbocycles. The van der Waals surface area contributed by atoms with Gasteiger partial charge in [-0.2, -0.15) is 0 Å². The summed E-state index contributed by atoms with van der Waals surface area (Å²) in [6, 6.07) is 19.9. The van der Waals surface area contributed by atoms with E-state index in [1.807, 2.05) is 46.7 Å². The van der Waals surface area contributed by atoms with E-state index < -0.39 is 5.92 Å². The van der Waals surface area contributed by atoms with Crippen molar-refractivity contribution in [2.75, 3.05) is 31.1 Å². The monoisotopic (exact) mass is 503 g/mol. The van der Waals surface area contributed by atoms with Crippen LogP contribution < -0.4 is 10.2 Å². The van der Waals surface area contributed by atoms with Crippen molar-refractivity contribution in [3.05, 3.63) is 87.6 Å². The number of amides is 2. The predicted molar refractivity (Wildman–Crippen MR) is 149 cm³/mol. The second-order valence-electron chi connectivity index (χ2n) is 9.94. The van der Waals surface area contributed by atoms with Crippen LogP contribution in [-0.4, -0.2) is 42.9 Å². The van der Waals surface area contributed by atoms with Gasteiger partial charge in [0.25, 0.3) is 5.91 Å². The molecule has 36 heavy (non-hydrogen) atoms. The van der Waals surface area contributed by atoms with Crippen LogP contribution in [0.3, 0.4) is 0 Å². The fourth-order valence-electron chi connectivity index (χ4n) is 5.13. The summed E-state index contributed by atoms with van der Waals surface area (Å²) >= 11 is 1.61. The number of hydrogen-bond donors (Lipinski definition) is 1. The highest BCUT2D eigenvalue weighted by molar-refractivity contribution is 7.10. The molecule has 1 aliphatic heterocycles. The number of nitrogens with zero attached hydrogens (tertiary/aromatic N) is 2. The molecule has 0 saturated heterocycles. The van der Waals surface area contributed by atoms with Crippen LogP contribution in [0, 0.1) is 12.8 Å². The maximum absolute atomic E-state index is 13.8. The molecule has 2 aromatic carbocycles. The Balaban J connectivity index is 1.53. The summed E-state index contributed by atoms with van der Waals surface area (Å²) < 4.78 is 0. The van der Waals surface area contributed by atoms with Gasteiger partial charge in [0.15, 0.2) is 0 Å². The highest BCUT2D eigenvalue weighted by Crippen LogP contribution is 2.44. The predicted octanol–water partition coefficient (Wildman–Crippen LogP) is 6.03. The first-order valence-corrected chi connectivity index (χ1v) is 13.8. The van der Waals surface area contributed by atoms with Gasteiger partial charge in [-0.05, 0) is 67.0 Å². The number of aryl methyl sites for hydroxylation is 1. The molecule has 1 N–H and O–H groups in total. The normalized spacial score (nSPS) is 17.2. The standard InChI is InChI=1S/C30H37N3O2S/c1-5-32(23-12-8-11-22(4)19-23)17-10-16-31-29(34)27-24-13-6-7-14-25(24)30(35)33(20-21(2)3)28(27)26-15-9-18-36-26/h6-9,11-15,18-19,21,27-28H,5,10,16-17,20H2,1-4H3,(H,31,34)/t27-,28+/m1/s1. The lowest BCUT2D eigenvalue weighted by Gasteiger charge is -2.42. The third-order valence-corrected chi connectivity index (χ3v) is 7.71. The van der Waals surface area contributed by atoms with Crippen LogP contribution in [0.2, 0.25) is 0 Å². The zero-order chi connectivity index (χ0) is 25.7. The van der Waals surface area contributed by atoms with E-state index in [2.05, 4.69) is 62.2 Å². The molecule has 0 fully saturated rings. The lowest BCUT2D eigenvalue weighted by atomic mass is 9.81. The topological polar surface area (TPSA) is 52.7 Å². The maximum atomic E-state index is 13.8. The lowest BCUT2D eigenvalue weighted by molar-refractivity contribution is -0.124. The van der Waals surface area contributed by atoms with E-state index in [1.54, 1.807) is 11.3 Å². The first kappa shape index (κ1) is 26.0. The highest BCUT2D eigenvalue weighted by atomic mass is 32.1. The van der Waals surface area contributed by atoms with Crippen molar-refractivity contribution in [2.45, 2.75) is 46.1 Å². The molecule has 4 rings (SSSR count). The molecular formula is C30H37N3O2S. The zero-order valence-electron chi connectivity index (χ0n) is 21.7. The minimum Gasteiger partial charge on any atom is -0.372 e. The van der Waals surface area contributed by atoms with Gasteiger partial charge in [0, 0.05) is 42.3 Å². The number of thiophene rings is 1. The van der Waals surface area contributed by atoms with E-state index in [4.69, 9.17) is 0 Å². The molecule has 0 unspecified atom stereocenters. The highest BCUT2D eigenvalue weighted by Gasteiger charge is 2.44. The Bertz CT molecular complexity index is 1170. The smallest absolute Gasteiger partial charge is 0.254 e. The van der Waals surface area contributed by atoms with Crippen LogP contribution in [0.5, 0.6) is 0 Å². The van der Waals surface area contributed by atoms with Gasteiger partial charge in [-0.3, -0.25) is 9.59 Å². The number of carbonyl (C=O) groups is 2. The van der Waals surface area contributed by atoms with E-state index in [1.165, 1.54) is 11.3 Å². The fourth-order valence-corrected chi connectivity index (χ4v) is 6.01. The van der Waals surface area contributed by atoms with Crippen molar-refractivity contribution >= 4 is 28.8 Å². The Kier molecular flexibility index (Phi) is 8.47. The van der Waals surface area contributed by atoms with Crippen molar-refractivity contribution in [1.82, 2.24) is 10.2 Å². The fraction of sp³-hybridized carbons (Fsp3) is 0.400. The Morgan fingerprint density at radius 3 is 2.61 bits per heavy atom. The molecule has 5 nitrogen and oxygen atoms in total. The van der Waals surface area contributed by atoms with E-state index >= 15 is 0 Å². The molecule has 2 atom stereocenters. The summed E-state index contributed by atoms with van der Waals surface area (Å²) in [5, 5.41) is 5.24. The van der Waals surface area contributed by atoms with Gasteiger partial charge in [0.1, 0.15) is 0 Å². The molecule has 0 radical (unpaired) electrons. The van der Waals surface area contributed by atoms with Crippen molar-refractivity contribution < 1.29 is 9.59 Å². The van der Waals surface area contributed by atoms with Gasteiger partial charge >= 0.3 is 0 Å². The second kappa shape index (κ2) is 11.7.